The van der Waals surface area contributed by atoms with E-state index in [2.05, 4.69) is 56.5 Å². The van der Waals surface area contributed by atoms with Crippen LogP contribution in [-0.4, -0.2) is 19.1 Å². The second-order valence-electron chi connectivity index (χ2n) is 5.17. The van der Waals surface area contributed by atoms with Crippen LogP contribution in [0.3, 0.4) is 0 Å². The van der Waals surface area contributed by atoms with E-state index in [-0.39, 0.29) is 5.54 Å². The molecule has 2 N–H and O–H groups in total. The number of hydrogen-bond acceptors (Lipinski definition) is 2. The Kier molecular flexibility index (Phi) is 4.51. The number of benzene rings is 1. The molecular weight excluding hydrogens is 196 g/mol. The predicted octanol–water partition coefficient (Wildman–Crippen LogP) is 2.39. The van der Waals surface area contributed by atoms with Crippen LogP contribution in [0, 0.1) is 13.8 Å². The summed E-state index contributed by atoms with van der Waals surface area (Å²) in [5, 5.41) is 6.78. The minimum atomic E-state index is 0.151. The highest BCUT2D eigenvalue weighted by atomic mass is 15.0. The summed E-state index contributed by atoms with van der Waals surface area (Å²) in [6.45, 7) is 10.6. The van der Waals surface area contributed by atoms with Gasteiger partial charge in [-0.25, -0.2) is 0 Å². The van der Waals surface area contributed by atoms with Crippen LogP contribution < -0.4 is 10.6 Å². The monoisotopic (exact) mass is 220 g/mol. The third kappa shape index (κ3) is 3.95. The molecule has 0 aromatic heterocycles. The van der Waals surface area contributed by atoms with E-state index in [4.69, 9.17) is 0 Å². The molecule has 0 heterocycles. The minimum Gasteiger partial charge on any atom is -0.314 e. The van der Waals surface area contributed by atoms with E-state index in [1.54, 1.807) is 0 Å². The van der Waals surface area contributed by atoms with Gasteiger partial charge in [0.1, 0.15) is 0 Å². The molecule has 2 nitrogen and oxygen atoms in total. The molecule has 0 amide bonds. The van der Waals surface area contributed by atoms with E-state index in [0.717, 1.165) is 13.1 Å². The molecule has 0 atom stereocenters. The highest BCUT2D eigenvalue weighted by Gasteiger charge is 2.13. The van der Waals surface area contributed by atoms with E-state index in [9.17, 15) is 0 Å². The van der Waals surface area contributed by atoms with Crippen molar-refractivity contribution in [2.45, 2.75) is 39.8 Å². The number of rotatable bonds is 5. The van der Waals surface area contributed by atoms with Gasteiger partial charge in [-0.1, -0.05) is 23.8 Å². The normalized spacial score (nSPS) is 11.8. The molecule has 0 aliphatic carbocycles. The van der Waals surface area contributed by atoms with Crippen LogP contribution in [0.1, 0.15) is 30.5 Å². The van der Waals surface area contributed by atoms with Crippen LogP contribution in [0.15, 0.2) is 18.2 Å². The Morgan fingerprint density at radius 1 is 1.19 bits per heavy atom. The Morgan fingerprint density at radius 2 is 1.88 bits per heavy atom. The maximum absolute atomic E-state index is 3.49. The summed E-state index contributed by atoms with van der Waals surface area (Å²) in [5.41, 5.74) is 4.24. The van der Waals surface area contributed by atoms with Gasteiger partial charge in [0.05, 0.1) is 0 Å². The van der Waals surface area contributed by atoms with Crippen LogP contribution in [-0.2, 0) is 6.54 Å². The molecular formula is C14H24N2. The van der Waals surface area contributed by atoms with Crippen molar-refractivity contribution >= 4 is 0 Å². The van der Waals surface area contributed by atoms with Gasteiger partial charge in [-0.05, 0) is 45.9 Å². The average molecular weight is 220 g/mol. The first-order chi connectivity index (χ1) is 7.44. The number of likely N-dealkylation sites (N-methyl/N-ethyl adjacent to an activating group) is 1. The van der Waals surface area contributed by atoms with Crippen molar-refractivity contribution in [2.24, 2.45) is 0 Å². The standard InChI is InChI=1S/C14H24N2/c1-11-6-7-13(12(2)8-11)9-16-10-14(3,4)15-5/h6-8,15-16H,9-10H2,1-5H3. The van der Waals surface area contributed by atoms with E-state index < -0.39 is 0 Å². The molecule has 0 spiro atoms. The van der Waals surface area contributed by atoms with Gasteiger partial charge in [-0.15, -0.1) is 0 Å². The zero-order valence-electron chi connectivity index (χ0n) is 11.1. The fourth-order valence-corrected chi connectivity index (χ4v) is 1.64. The summed E-state index contributed by atoms with van der Waals surface area (Å²) in [6.07, 6.45) is 0. The third-order valence-electron chi connectivity index (χ3n) is 3.06. The topological polar surface area (TPSA) is 24.1 Å². The molecule has 90 valence electrons. The molecule has 0 bridgehead atoms. The van der Waals surface area contributed by atoms with Gasteiger partial charge < -0.3 is 10.6 Å². The van der Waals surface area contributed by atoms with Gasteiger partial charge in [0.25, 0.3) is 0 Å². The molecule has 0 fully saturated rings. The van der Waals surface area contributed by atoms with Gasteiger partial charge in [-0.3, -0.25) is 0 Å². The van der Waals surface area contributed by atoms with E-state index in [1.165, 1.54) is 16.7 Å². The highest BCUT2D eigenvalue weighted by Crippen LogP contribution is 2.10. The van der Waals surface area contributed by atoms with Gasteiger partial charge in [0.2, 0.25) is 0 Å². The lowest BCUT2D eigenvalue weighted by Gasteiger charge is -2.24. The van der Waals surface area contributed by atoms with Gasteiger partial charge in [0, 0.05) is 18.6 Å². The molecule has 16 heavy (non-hydrogen) atoms. The molecule has 0 radical (unpaired) electrons. The summed E-state index contributed by atoms with van der Waals surface area (Å²) in [7, 11) is 2.00. The van der Waals surface area contributed by atoms with Crippen LogP contribution in [0.4, 0.5) is 0 Å². The van der Waals surface area contributed by atoms with Crippen LogP contribution >= 0.6 is 0 Å². The largest absolute Gasteiger partial charge is 0.314 e. The van der Waals surface area contributed by atoms with Gasteiger partial charge in [-0.2, -0.15) is 0 Å². The van der Waals surface area contributed by atoms with Crippen molar-refractivity contribution in [2.75, 3.05) is 13.6 Å². The molecule has 1 rings (SSSR count). The Labute approximate surface area is 99.5 Å². The first-order valence-electron chi connectivity index (χ1n) is 5.90. The van der Waals surface area contributed by atoms with Gasteiger partial charge in [0.15, 0.2) is 0 Å². The van der Waals surface area contributed by atoms with E-state index in [1.807, 2.05) is 7.05 Å². The summed E-state index contributed by atoms with van der Waals surface area (Å²) >= 11 is 0. The first-order valence-corrected chi connectivity index (χ1v) is 5.90. The SMILES string of the molecule is CNC(C)(C)CNCc1ccc(C)cc1C. The summed E-state index contributed by atoms with van der Waals surface area (Å²) in [5.74, 6) is 0. The minimum absolute atomic E-state index is 0.151. The summed E-state index contributed by atoms with van der Waals surface area (Å²) in [6, 6.07) is 6.62. The molecule has 0 aliphatic heterocycles. The molecule has 0 saturated carbocycles. The molecule has 0 aliphatic rings. The van der Waals surface area contributed by atoms with Crippen molar-refractivity contribution in [3.8, 4) is 0 Å². The lowest BCUT2D eigenvalue weighted by Crippen LogP contribution is -2.45. The fourth-order valence-electron chi connectivity index (χ4n) is 1.64. The van der Waals surface area contributed by atoms with E-state index >= 15 is 0 Å². The van der Waals surface area contributed by atoms with Crippen molar-refractivity contribution < 1.29 is 0 Å². The second-order valence-corrected chi connectivity index (χ2v) is 5.17. The van der Waals surface area contributed by atoms with Crippen molar-refractivity contribution in [3.05, 3.63) is 34.9 Å². The molecule has 1 aromatic rings. The zero-order chi connectivity index (χ0) is 12.2. The third-order valence-corrected chi connectivity index (χ3v) is 3.06. The quantitative estimate of drug-likeness (QED) is 0.796. The lowest BCUT2D eigenvalue weighted by molar-refractivity contribution is 0.393. The Morgan fingerprint density at radius 3 is 2.44 bits per heavy atom. The number of hydrogen-bond donors (Lipinski definition) is 2. The Balaban J connectivity index is 2.49. The molecule has 0 unspecified atom stereocenters. The number of nitrogens with one attached hydrogen (secondary N) is 2. The first kappa shape index (κ1) is 13.2. The van der Waals surface area contributed by atoms with Crippen molar-refractivity contribution in [1.82, 2.24) is 10.6 Å². The molecule has 0 saturated heterocycles. The van der Waals surface area contributed by atoms with E-state index in [0.29, 0.717) is 0 Å². The Bertz CT molecular complexity index is 343. The maximum Gasteiger partial charge on any atom is 0.0246 e. The second kappa shape index (κ2) is 5.46. The summed E-state index contributed by atoms with van der Waals surface area (Å²) in [4.78, 5) is 0. The highest BCUT2D eigenvalue weighted by molar-refractivity contribution is 5.30. The van der Waals surface area contributed by atoms with Crippen LogP contribution in [0.5, 0.6) is 0 Å². The van der Waals surface area contributed by atoms with Gasteiger partial charge >= 0.3 is 0 Å². The predicted molar refractivity (Wildman–Crippen MR) is 70.8 cm³/mol. The average Bonchev–Trinajstić information content (AvgIpc) is 2.21. The van der Waals surface area contributed by atoms with Crippen LogP contribution in [0.2, 0.25) is 0 Å². The Hall–Kier alpha value is -0.860. The maximum atomic E-state index is 3.49. The number of aryl methyl sites for hydroxylation is 2. The molecule has 2 heteroatoms. The summed E-state index contributed by atoms with van der Waals surface area (Å²) < 4.78 is 0. The lowest BCUT2D eigenvalue weighted by atomic mass is 10.0. The fraction of sp³-hybridized carbons (Fsp3) is 0.571. The van der Waals surface area contributed by atoms with Crippen molar-refractivity contribution in [3.63, 3.8) is 0 Å². The van der Waals surface area contributed by atoms with Crippen molar-refractivity contribution in [1.29, 1.82) is 0 Å². The zero-order valence-corrected chi connectivity index (χ0v) is 11.1. The van der Waals surface area contributed by atoms with Crippen LogP contribution in [0.25, 0.3) is 0 Å². The smallest absolute Gasteiger partial charge is 0.0246 e. The molecule has 1 aromatic carbocycles.